The number of likely N-dealkylation sites (N-methyl/N-ethyl adjacent to an activating group) is 1. The lowest BCUT2D eigenvalue weighted by Gasteiger charge is -2.26. The Hall–Kier alpha value is -1.93. The Kier molecular flexibility index (Phi) is 6.77. The summed E-state index contributed by atoms with van der Waals surface area (Å²) in [6.45, 7) is 0.151. The summed E-state index contributed by atoms with van der Waals surface area (Å²) in [5, 5.41) is 0.577. The summed E-state index contributed by atoms with van der Waals surface area (Å²) in [5.74, 6) is -0.520. The van der Waals surface area contributed by atoms with Crippen LogP contribution >= 0.6 is 11.6 Å². The largest absolute Gasteiger partial charge is 0.465 e. The molecule has 0 heterocycles. The number of nitrogens with one attached hydrogen (secondary N) is 1. The molecule has 2 aromatic carbocycles. The van der Waals surface area contributed by atoms with E-state index in [1.165, 1.54) is 31.4 Å². The van der Waals surface area contributed by atoms with E-state index in [1.807, 2.05) is 37.2 Å². The number of rotatable bonds is 7. The van der Waals surface area contributed by atoms with E-state index < -0.39 is 16.0 Å². The lowest BCUT2D eigenvalue weighted by atomic mass is 10.1. The van der Waals surface area contributed by atoms with E-state index in [0.29, 0.717) is 5.02 Å². The van der Waals surface area contributed by atoms with Crippen molar-refractivity contribution in [3.8, 4) is 0 Å². The van der Waals surface area contributed by atoms with Crippen LogP contribution in [0.2, 0.25) is 5.02 Å². The molecule has 0 aliphatic rings. The number of carbonyl (C=O) groups excluding carboxylic acids is 1. The molecule has 26 heavy (non-hydrogen) atoms. The molecule has 0 amide bonds. The number of hydrogen-bond donors (Lipinski definition) is 1. The van der Waals surface area contributed by atoms with Gasteiger partial charge in [0.05, 0.1) is 17.6 Å². The van der Waals surface area contributed by atoms with Crippen molar-refractivity contribution in [3.05, 3.63) is 64.7 Å². The van der Waals surface area contributed by atoms with Gasteiger partial charge >= 0.3 is 5.97 Å². The molecule has 2 rings (SSSR count). The second-order valence-corrected chi connectivity index (χ2v) is 8.04. The van der Waals surface area contributed by atoms with E-state index in [1.54, 1.807) is 6.07 Å². The third kappa shape index (κ3) is 4.82. The number of carbonyl (C=O) groups is 1. The van der Waals surface area contributed by atoms with Gasteiger partial charge in [-0.3, -0.25) is 0 Å². The van der Waals surface area contributed by atoms with E-state index in [0.717, 1.165) is 5.56 Å². The Morgan fingerprint density at radius 1 is 1.15 bits per heavy atom. The zero-order valence-corrected chi connectivity index (χ0v) is 16.3. The summed E-state index contributed by atoms with van der Waals surface area (Å²) >= 11 is 6.24. The average molecular weight is 397 g/mol. The Balaban J connectivity index is 2.17. The van der Waals surface area contributed by atoms with Crippen molar-refractivity contribution in [3.63, 3.8) is 0 Å². The van der Waals surface area contributed by atoms with Gasteiger partial charge in [0.2, 0.25) is 10.0 Å². The molecule has 0 aliphatic heterocycles. The Morgan fingerprint density at radius 3 is 2.31 bits per heavy atom. The predicted molar refractivity (Wildman–Crippen MR) is 101 cm³/mol. The number of nitrogens with zero attached hydrogens (tertiary/aromatic N) is 1. The molecule has 0 fully saturated rings. The van der Waals surface area contributed by atoms with Crippen molar-refractivity contribution in [2.24, 2.45) is 0 Å². The summed E-state index contributed by atoms with van der Waals surface area (Å²) in [5.41, 5.74) is 1.12. The minimum atomic E-state index is -3.73. The molecule has 1 unspecified atom stereocenters. The molecule has 0 saturated carbocycles. The summed E-state index contributed by atoms with van der Waals surface area (Å²) in [7, 11) is 1.25. The van der Waals surface area contributed by atoms with Gasteiger partial charge in [-0.2, -0.15) is 0 Å². The summed E-state index contributed by atoms with van der Waals surface area (Å²) in [4.78, 5) is 13.4. The van der Waals surface area contributed by atoms with Gasteiger partial charge in [-0.05, 0) is 50.0 Å². The predicted octanol–water partition coefficient (Wildman–Crippen LogP) is 2.71. The van der Waals surface area contributed by atoms with E-state index in [9.17, 15) is 13.2 Å². The molecule has 8 heteroatoms. The van der Waals surface area contributed by atoms with Crippen LogP contribution in [-0.2, 0) is 14.8 Å². The molecule has 0 aromatic heterocycles. The Labute approximate surface area is 158 Å². The highest BCUT2D eigenvalue weighted by Gasteiger charge is 2.21. The van der Waals surface area contributed by atoms with Gasteiger partial charge in [-0.1, -0.05) is 29.8 Å². The summed E-state index contributed by atoms with van der Waals surface area (Å²) < 4.78 is 32.3. The first kappa shape index (κ1) is 20.4. The molecular formula is C18H21ClN2O4S. The zero-order valence-electron chi connectivity index (χ0n) is 14.8. The number of halogens is 1. The lowest BCUT2D eigenvalue weighted by Crippen LogP contribution is -2.34. The molecule has 2 aromatic rings. The summed E-state index contributed by atoms with van der Waals surface area (Å²) in [6, 6.07) is 12.7. The number of benzene rings is 2. The molecule has 1 atom stereocenters. The van der Waals surface area contributed by atoms with Gasteiger partial charge < -0.3 is 9.64 Å². The third-order valence-electron chi connectivity index (χ3n) is 3.94. The molecule has 0 bridgehead atoms. The third-order valence-corrected chi connectivity index (χ3v) is 5.72. The molecule has 0 spiro atoms. The van der Waals surface area contributed by atoms with Crippen LogP contribution < -0.4 is 4.72 Å². The maximum Gasteiger partial charge on any atom is 0.337 e. The number of sulfonamides is 1. The summed E-state index contributed by atoms with van der Waals surface area (Å²) in [6.07, 6.45) is 0. The molecule has 0 radical (unpaired) electrons. The van der Waals surface area contributed by atoms with E-state index >= 15 is 0 Å². The Bertz CT molecular complexity index is 867. The number of esters is 1. The monoisotopic (exact) mass is 396 g/mol. The fourth-order valence-electron chi connectivity index (χ4n) is 2.48. The van der Waals surface area contributed by atoms with Crippen molar-refractivity contribution < 1.29 is 17.9 Å². The quantitative estimate of drug-likeness (QED) is 0.728. The van der Waals surface area contributed by atoms with Crippen molar-refractivity contribution >= 4 is 27.6 Å². The van der Waals surface area contributed by atoms with Crippen molar-refractivity contribution in [2.45, 2.75) is 10.9 Å². The Morgan fingerprint density at radius 2 is 1.77 bits per heavy atom. The molecule has 140 valence electrons. The van der Waals surface area contributed by atoms with Gasteiger partial charge in [0.15, 0.2) is 0 Å². The van der Waals surface area contributed by atoms with Crippen LogP contribution in [0.25, 0.3) is 0 Å². The van der Waals surface area contributed by atoms with Crippen LogP contribution in [0.3, 0.4) is 0 Å². The van der Waals surface area contributed by atoms with Crippen LogP contribution in [0.5, 0.6) is 0 Å². The zero-order chi connectivity index (χ0) is 19.3. The number of ether oxygens (including phenoxy) is 1. The minimum Gasteiger partial charge on any atom is -0.465 e. The minimum absolute atomic E-state index is 0.0711. The van der Waals surface area contributed by atoms with Crippen LogP contribution in [0.15, 0.2) is 53.4 Å². The normalized spacial score (nSPS) is 12.8. The second-order valence-electron chi connectivity index (χ2n) is 5.87. The highest BCUT2D eigenvalue weighted by Crippen LogP contribution is 2.26. The fraction of sp³-hybridized carbons (Fsp3) is 0.278. The first-order valence-electron chi connectivity index (χ1n) is 7.85. The number of hydrogen-bond acceptors (Lipinski definition) is 5. The van der Waals surface area contributed by atoms with Gasteiger partial charge in [-0.25, -0.2) is 17.9 Å². The highest BCUT2D eigenvalue weighted by atomic mass is 35.5. The SMILES string of the molecule is COC(=O)c1ccc(S(=O)(=O)NCC(c2ccccc2Cl)N(C)C)cc1. The van der Waals surface area contributed by atoms with Crippen LogP contribution in [-0.4, -0.2) is 47.0 Å². The van der Waals surface area contributed by atoms with Gasteiger partial charge in [0, 0.05) is 17.6 Å². The fourth-order valence-corrected chi connectivity index (χ4v) is 3.78. The van der Waals surface area contributed by atoms with E-state index in [2.05, 4.69) is 9.46 Å². The van der Waals surface area contributed by atoms with Crippen LogP contribution in [0.4, 0.5) is 0 Å². The topological polar surface area (TPSA) is 75.7 Å². The smallest absolute Gasteiger partial charge is 0.337 e. The highest BCUT2D eigenvalue weighted by molar-refractivity contribution is 7.89. The molecule has 0 saturated heterocycles. The average Bonchev–Trinajstić information content (AvgIpc) is 2.62. The van der Waals surface area contributed by atoms with Crippen molar-refractivity contribution in [1.82, 2.24) is 9.62 Å². The van der Waals surface area contributed by atoms with Gasteiger partial charge in [0.1, 0.15) is 0 Å². The molecule has 1 N–H and O–H groups in total. The van der Waals surface area contributed by atoms with Crippen molar-refractivity contribution in [2.75, 3.05) is 27.7 Å². The lowest BCUT2D eigenvalue weighted by molar-refractivity contribution is 0.0600. The van der Waals surface area contributed by atoms with E-state index in [-0.39, 0.29) is 23.0 Å². The van der Waals surface area contributed by atoms with Crippen LogP contribution in [0, 0.1) is 0 Å². The van der Waals surface area contributed by atoms with E-state index in [4.69, 9.17) is 11.6 Å². The first-order valence-corrected chi connectivity index (χ1v) is 9.71. The molecule has 0 aliphatic carbocycles. The van der Waals surface area contributed by atoms with Crippen molar-refractivity contribution in [1.29, 1.82) is 0 Å². The maximum absolute atomic E-state index is 12.5. The van der Waals surface area contributed by atoms with Gasteiger partial charge in [-0.15, -0.1) is 0 Å². The maximum atomic E-state index is 12.5. The standard InChI is InChI=1S/C18H21ClN2O4S/c1-21(2)17(15-6-4-5-7-16(15)19)12-20-26(23,24)14-10-8-13(9-11-14)18(22)25-3/h4-11,17,20H,12H2,1-3H3. The second kappa shape index (κ2) is 8.64. The van der Waals surface area contributed by atoms with Crippen LogP contribution in [0.1, 0.15) is 22.0 Å². The molecular weight excluding hydrogens is 376 g/mol. The van der Waals surface area contributed by atoms with Gasteiger partial charge in [0.25, 0.3) is 0 Å². The first-order chi connectivity index (χ1) is 12.3. The molecule has 6 nitrogen and oxygen atoms in total. The number of methoxy groups -OCH3 is 1.